The minimum Gasteiger partial charge on any atom is -0.337 e. The van der Waals surface area contributed by atoms with Gasteiger partial charge in [0.1, 0.15) is 5.69 Å². The van der Waals surface area contributed by atoms with Crippen molar-refractivity contribution in [1.29, 1.82) is 0 Å². The summed E-state index contributed by atoms with van der Waals surface area (Å²) in [5.41, 5.74) is 1.62. The molecular weight excluding hydrogens is 254 g/mol. The third-order valence-corrected chi connectivity index (χ3v) is 4.09. The summed E-state index contributed by atoms with van der Waals surface area (Å²) >= 11 is 0. The Hall–Kier alpha value is -2.24. The monoisotopic (exact) mass is 271 g/mol. The molecule has 20 heavy (non-hydrogen) atoms. The summed E-state index contributed by atoms with van der Waals surface area (Å²) in [7, 11) is 0. The molecule has 3 heterocycles. The second-order valence-electron chi connectivity index (χ2n) is 5.41. The van der Waals surface area contributed by atoms with E-state index < -0.39 is 0 Å². The highest BCUT2D eigenvalue weighted by atomic mass is 16.2. The first-order valence-corrected chi connectivity index (χ1v) is 6.74. The van der Waals surface area contributed by atoms with Crippen LogP contribution in [0.5, 0.6) is 0 Å². The molecule has 6 nitrogen and oxygen atoms in total. The molecule has 0 aromatic carbocycles. The number of aromatic nitrogens is 4. The zero-order valence-electron chi connectivity index (χ0n) is 11.4. The van der Waals surface area contributed by atoms with Crippen molar-refractivity contribution in [3.05, 3.63) is 42.2 Å². The number of aromatic amines is 1. The molecule has 104 valence electrons. The quantitative estimate of drug-likeness (QED) is 0.895. The highest BCUT2D eigenvalue weighted by Gasteiger charge is 2.34. The van der Waals surface area contributed by atoms with Gasteiger partial charge in [-0.15, -0.1) is 0 Å². The smallest absolute Gasteiger partial charge is 0.274 e. The molecule has 0 saturated carbocycles. The Kier molecular flexibility index (Phi) is 3.22. The third kappa shape index (κ3) is 2.29. The maximum atomic E-state index is 12.3. The fraction of sp³-hybridized carbons (Fsp3) is 0.429. The Balaban J connectivity index is 1.69. The Morgan fingerprint density at radius 3 is 2.70 bits per heavy atom. The Morgan fingerprint density at radius 1 is 1.30 bits per heavy atom. The standard InChI is InChI=1S/C14H17N5O/c1-14(12-2-5-17-18-12)3-8-19(9-4-14)13(20)11-10-15-6-7-16-11/h2,5-7,10H,3-4,8-9H2,1H3,(H,17,18). The lowest BCUT2D eigenvalue weighted by molar-refractivity contribution is 0.0667. The zero-order chi connectivity index (χ0) is 14.0. The molecule has 2 aromatic heterocycles. The van der Waals surface area contributed by atoms with Crippen LogP contribution in [-0.2, 0) is 5.41 Å². The van der Waals surface area contributed by atoms with Crippen LogP contribution in [0.25, 0.3) is 0 Å². The molecule has 0 bridgehead atoms. The van der Waals surface area contributed by atoms with Gasteiger partial charge in [-0.3, -0.25) is 14.9 Å². The van der Waals surface area contributed by atoms with Crippen LogP contribution in [0, 0.1) is 0 Å². The van der Waals surface area contributed by atoms with Crippen LogP contribution in [0.3, 0.4) is 0 Å². The molecule has 6 heteroatoms. The number of piperidine rings is 1. The molecule has 1 saturated heterocycles. The summed E-state index contributed by atoms with van der Waals surface area (Å²) in [5, 5.41) is 7.07. The molecule has 3 rings (SSSR count). The molecule has 0 radical (unpaired) electrons. The first-order valence-electron chi connectivity index (χ1n) is 6.74. The summed E-state index contributed by atoms with van der Waals surface area (Å²) in [6.45, 7) is 3.67. The highest BCUT2D eigenvalue weighted by molar-refractivity contribution is 5.92. The van der Waals surface area contributed by atoms with E-state index in [2.05, 4.69) is 27.1 Å². The molecule has 1 amide bonds. The van der Waals surface area contributed by atoms with Gasteiger partial charge >= 0.3 is 0 Å². The zero-order valence-corrected chi connectivity index (χ0v) is 11.4. The second kappa shape index (κ2) is 5.03. The van der Waals surface area contributed by atoms with Gasteiger partial charge in [0.15, 0.2) is 0 Å². The Morgan fingerprint density at radius 2 is 2.10 bits per heavy atom. The summed E-state index contributed by atoms with van der Waals surface area (Å²) in [6, 6.07) is 2.01. The molecule has 0 atom stereocenters. The SMILES string of the molecule is CC1(c2ccn[nH]2)CCN(C(=O)c2cnccn2)CC1. The van der Waals surface area contributed by atoms with Gasteiger partial charge in [0.25, 0.3) is 5.91 Å². The molecule has 1 aliphatic heterocycles. The van der Waals surface area contributed by atoms with Crippen molar-refractivity contribution < 1.29 is 4.79 Å². The normalized spacial score (nSPS) is 17.9. The van der Waals surface area contributed by atoms with Crippen molar-refractivity contribution in [2.75, 3.05) is 13.1 Å². The predicted molar refractivity (Wildman–Crippen MR) is 73.1 cm³/mol. The summed E-state index contributed by atoms with van der Waals surface area (Å²) in [5.74, 6) is -0.0373. The van der Waals surface area contributed by atoms with E-state index in [0.717, 1.165) is 31.6 Å². The molecule has 0 spiro atoms. The Labute approximate surface area is 117 Å². The number of carbonyl (C=O) groups excluding carboxylic acids is 1. The van der Waals surface area contributed by atoms with E-state index in [1.54, 1.807) is 18.6 Å². The first-order chi connectivity index (χ1) is 9.69. The van der Waals surface area contributed by atoms with Crippen molar-refractivity contribution in [3.63, 3.8) is 0 Å². The number of nitrogens with one attached hydrogen (secondary N) is 1. The number of hydrogen-bond acceptors (Lipinski definition) is 4. The van der Waals surface area contributed by atoms with Gasteiger partial charge < -0.3 is 4.90 Å². The maximum absolute atomic E-state index is 12.3. The van der Waals surface area contributed by atoms with Crippen LogP contribution in [0.2, 0.25) is 0 Å². The van der Waals surface area contributed by atoms with E-state index in [0.29, 0.717) is 5.69 Å². The van der Waals surface area contributed by atoms with E-state index in [-0.39, 0.29) is 11.3 Å². The minimum absolute atomic E-state index is 0.0373. The van der Waals surface area contributed by atoms with Gasteiger partial charge in [0.05, 0.1) is 6.20 Å². The molecule has 0 aliphatic carbocycles. The molecule has 1 aliphatic rings. The van der Waals surface area contributed by atoms with Gasteiger partial charge in [-0.25, -0.2) is 4.98 Å². The molecule has 0 unspecified atom stereocenters. The topological polar surface area (TPSA) is 74.8 Å². The first kappa shape index (κ1) is 12.8. The highest BCUT2D eigenvalue weighted by Crippen LogP contribution is 2.33. The van der Waals surface area contributed by atoms with Crippen LogP contribution in [-0.4, -0.2) is 44.1 Å². The summed E-state index contributed by atoms with van der Waals surface area (Å²) < 4.78 is 0. The van der Waals surface area contributed by atoms with Gasteiger partial charge in [0.2, 0.25) is 0 Å². The van der Waals surface area contributed by atoms with Gasteiger partial charge in [-0.2, -0.15) is 5.10 Å². The number of carbonyl (C=O) groups is 1. The third-order valence-electron chi connectivity index (χ3n) is 4.09. The van der Waals surface area contributed by atoms with Crippen molar-refractivity contribution in [2.45, 2.75) is 25.2 Å². The lowest BCUT2D eigenvalue weighted by Gasteiger charge is -2.38. The second-order valence-corrected chi connectivity index (χ2v) is 5.41. The average molecular weight is 271 g/mol. The molecule has 1 N–H and O–H groups in total. The summed E-state index contributed by atoms with van der Waals surface area (Å²) in [4.78, 5) is 22.2. The van der Waals surface area contributed by atoms with E-state index >= 15 is 0 Å². The number of H-pyrrole nitrogens is 1. The van der Waals surface area contributed by atoms with Crippen molar-refractivity contribution in [1.82, 2.24) is 25.1 Å². The predicted octanol–water partition coefficient (Wildman–Crippen LogP) is 1.39. The van der Waals surface area contributed by atoms with Gasteiger partial charge in [-0.05, 0) is 18.9 Å². The van der Waals surface area contributed by atoms with Gasteiger partial charge in [0, 0.05) is 42.8 Å². The van der Waals surface area contributed by atoms with E-state index in [1.807, 2.05) is 11.0 Å². The fourth-order valence-electron chi connectivity index (χ4n) is 2.64. The van der Waals surface area contributed by atoms with Crippen LogP contribution in [0.15, 0.2) is 30.9 Å². The van der Waals surface area contributed by atoms with Crippen molar-refractivity contribution in [2.24, 2.45) is 0 Å². The molecule has 2 aromatic rings. The molecular formula is C14H17N5O. The fourth-order valence-corrected chi connectivity index (χ4v) is 2.64. The summed E-state index contributed by atoms with van der Waals surface area (Å²) in [6.07, 6.45) is 8.25. The largest absolute Gasteiger partial charge is 0.337 e. The van der Waals surface area contributed by atoms with E-state index in [4.69, 9.17) is 0 Å². The maximum Gasteiger partial charge on any atom is 0.274 e. The van der Waals surface area contributed by atoms with Crippen LogP contribution >= 0.6 is 0 Å². The lowest BCUT2D eigenvalue weighted by Crippen LogP contribution is -2.44. The van der Waals surface area contributed by atoms with Gasteiger partial charge in [-0.1, -0.05) is 6.92 Å². The number of hydrogen-bond donors (Lipinski definition) is 1. The van der Waals surface area contributed by atoms with Crippen molar-refractivity contribution in [3.8, 4) is 0 Å². The van der Waals surface area contributed by atoms with Crippen LogP contribution < -0.4 is 0 Å². The number of nitrogens with zero attached hydrogens (tertiary/aromatic N) is 4. The average Bonchev–Trinajstić information content (AvgIpc) is 3.03. The Bertz CT molecular complexity index is 573. The van der Waals surface area contributed by atoms with E-state index in [9.17, 15) is 4.79 Å². The van der Waals surface area contributed by atoms with Crippen LogP contribution in [0.4, 0.5) is 0 Å². The van der Waals surface area contributed by atoms with Crippen molar-refractivity contribution >= 4 is 5.91 Å². The lowest BCUT2D eigenvalue weighted by atomic mass is 9.77. The molecule has 1 fully saturated rings. The van der Waals surface area contributed by atoms with Crippen LogP contribution in [0.1, 0.15) is 35.9 Å². The van der Waals surface area contributed by atoms with E-state index in [1.165, 1.54) is 6.20 Å². The minimum atomic E-state index is -0.0373. The number of amides is 1. The number of rotatable bonds is 2. The number of likely N-dealkylation sites (tertiary alicyclic amines) is 1.